The van der Waals surface area contributed by atoms with Gasteiger partial charge < -0.3 is 20.5 Å². The predicted molar refractivity (Wildman–Crippen MR) is 119 cm³/mol. The highest BCUT2D eigenvalue weighted by atomic mass is 35.5. The van der Waals surface area contributed by atoms with Crippen LogP contribution in [0.3, 0.4) is 0 Å². The van der Waals surface area contributed by atoms with Crippen molar-refractivity contribution in [3.63, 3.8) is 0 Å². The van der Waals surface area contributed by atoms with Gasteiger partial charge in [0.2, 0.25) is 0 Å². The van der Waals surface area contributed by atoms with E-state index in [0.717, 1.165) is 6.07 Å². The van der Waals surface area contributed by atoms with Gasteiger partial charge in [-0.1, -0.05) is 11.6 Å². The summed E-state index contributed by atoms with van der Waals surface area (Å²) in [6.45, 7) is 0.979. The normalized spacial score (nSPS) is 25.9. The van der Waals surface area contributed by atoms with Crippen molar-refractivity contribution < 1.29 is 37.0 Å². The van der Waals surface area contributed by atoms with Crippen molar-refractivity contribution >= 4 is 34.8 Å². The molecule has 35 heavy (non-hydrogen) atoms. The Morgan fingerprint density at radius 2 is 1.94 bits per heavy atom. The number of aliphatic hydroxyl groups excluding tert-OH is 1. The highest BCUT2D eigenvalue weighted by Gasteiger charge is 2.55. The van der Waals surface area contributed by atoms with Crippen LogP contribution in [0.15, 0.2) is 18.2 Å². The summed E-state index contributed by atoms with van der Waals surface area (Å²) in [5, 5.41) is 16.4. The van der Waals surface area contributed by atoms with Gasteiger partial charge in [-0.25, -0.2) is 9.37 Å². The number of aryl methyl sites for hydroxylation is 1. The van der Waals surface area contributed by atoms with Gasteiger partial charge in [0.05, 0.1) is 21.7 Å². The number of alkyl halides is 3. The lowest BCUT2D eigenvalue weighted by Crippen LogP contribution is -2.70. The number of hydrogen-bond acceptors (Lipinski definition) is 6. The van der Waals surface area contributed by atoms with Gasteiger partial charge in [-0.15, -0.1) is 11.3 Å². The minimum absolute atomic E-state index is 0.0708. The first-order chi connectivity index (χ1) is 16.3. The Bertz CT molecular complexity index is 1150. The summed E-state index contributed by atoms with van der Waals surface area (Å²) in [5.74, 6) is -1.97. The molecule has 3 saturated carbocycles. The van der Waals surface area contributed by atoms with Gasteiger partial charge >= 0.3 is 6.18 Å². The Balaban J connectivity index is 1.38. The number of hydrogen-bond donors (Lipinski definition) is 3. The van der Waals surface area contributed by atoms with Crippen LogP contribution in [0.2, 0.25) is 5.02 Å². The minimum Gasteiger partial charge on any atom is -0.484 e. The van der Waals surface area contributed by atoms with E-state index in [-0.39, 0.29) is 22.2 Å². The van der Waals surface area contributed by atoms with Gasteiger partial charge in [0.1, 0.15) is 16.4 Å². The molecule has 3 fully saturated rings. The second kappa shape index (κ2) is 9.21. The van der Waals surface area contributed by atoms with E-state index < -0.39 is 58.2 Å². The van der Waals surface area contributed by atoms with E-state index in [1.165, 1.54) is 19.1 Å². The van der Waals surface area contributed by atoms with Gasteiger partial charge in [0.25, 0.3) is 11.8 Å². The second-order valence-corrected chi connectivity index (χ2v) is 10.5. The van der Waals surface area contributed by atoms with Crippen molar-refractivity contribution in [3.8, 4) is 5.75 Å². The zero-order chi connectivity index (χ0) is 25.6. The van der Waals surface area contributed by atoms with Crippen molar-refractivity contribution in [1.29, 1.82) is 0 Å². The summed E-state index contributed by atoms with van der Waals surface area (Å²) in [5.41, 5.74) is -3.06. The van der Waals surface area contributed by atoms with Gasteiger partial charge in [-0.05, 0) is 51.2 Å². The van der Waals surface area contributed by atoms with Crippen LogP contribution in [0.1, 0.15) is 52.5 Å². The van der Waals surface area contributed by atoms with Crippen molar-refractivity contribution in [2.45, 2.75) is 62.4 Å². The van der Waals surface area contributed by atoms with Gasteiger partial charge in [-0.3, -0.25) is 9.59 Å². The lowest BCUT2D eigenvalue weighted by molar-refractivity contribution is -0.141. The number of halogens is 5. The standard InChI is InChI=1S/C22H22ClF4N3O4S/c1-11-28-18(22(25,26)27)17(35-11)19(33)30-20-4-6-21(7-5-20,15(31)9-20)29-16(32)10-34-12-2-3-13(23)14(24)8-12/h2-3,8,15,31H,4-7,9-10H2,1H3,(H,29,32)(H,30,33). The highest BCUT2D eigenvalue weighted by Crippen LogP contribution is 2.47. The molecule has 2 amide bonds. The molecule has 190 valence electrons. The van der Waals surface area contributed by atoms with Crippen LogP contribution >= 0.6 is 22.9 Å². The highest BCUT2D eigenvalue weighted by molar-refractivity contribution is 7.13. The molecule has 0 saturated heterocycles. The molecule has 1 heterocycles. The van der Waals surface area contributed by atoms with Crippen LogP contribution in [-0.4, -0.2) is 45.7 Å². The molecule has 0 spiro atoms. The lowest BCUT2D eigenvalue weighted by atomic mass is 9.60. The van der Waals surface area contributed by atoms with Crippen LogP contribution in [0.25, 0.3) is 0 Å². The summed E-state index contributed by atoms with van der Waals surface area (Å²) in [6, 6.07) is 3.77. The number of nitrogens with one attached hydrogen (secondary N) is 2. The number of rotatable bonds is 6. The van der Waals surface area contributed by atoms with E-state index in [2.05, 4.69) is 15.6 Å². The molecule has 2 aromatic rings. The number of aromatic nitrogens is 1. The number of amides is 2. The topological polar surface area (TPSA) is 101 Å². The number of carbonyl (C=O) groups is 2. The molecule has 1 atom stereocenters. The Morgan fingerprint density at radius 3 is 2.54 bits per heavy atom. The van der Waals surface area contributed by atoms with Gasteiger partial charge in [0, 0.05) is 11.6 Å². The molecule has 7 nitrogen and oxygen atoms in total. The second-order valence-electron chi connectivity index (χ2n) is 8.93. The number of fused-ring (bicyclic) bond motifs is 3. The minimum atomic E-state index is -4.76. The Morgan fingerprint density at radius 1 is 1.26 bits per heavy atom. The van der Waals surface area contributed by atoms with Crippen LogP contribution in [0, 0.1) is 12.7 Å². The van der Waals surface area contributed by atoms with E-state index in [1.807, 2.05) is 0 Å². The Kier molecular flexibility index (Phi) is 6.75. The number of ether oxygens (including phenoxy) is 1. The third-order valence-corrected chi connectivity index (χ3v) is 7.83. The average Bonchev–Trinajstić information content (AvgIpc) is 3.18. The summed E-state index contributed by atoms with van der Waals surface area (Å²) in [7, 11) is 0. The number of aliphatic hydroxyl groups is 1. The predicted octanol–water partition coefficient (Wildman–Crippen LogP) is 4.00. The van der Waals surface area contributed by atoms with Gasteiger partial charge in [-0.2, -0.15) is 13.2 Å². The number of thiazole rings is 1. The quantitative estimate of drug-likeness (QED) is 0.485. The smallest absolute Gasteiger partial charge is 0.435 e. The van der Waals surface area contributed by atoms with E-state index in [0.29, 0.717) is 37.0 Å². The number of nitrogens with zero attached hydrogens (tertiary/aromatic N) is 1. The zero-order valence-electron chi connectivity index (χ0n) is 18.5. The lowest BCUT2D eigenvalue weighted by Gasteiger charge is -2.56. The molecule has 3 aliphatic rings. The molecule has 5 rings (SSSR count). The average molecular weight is 536 g/mol. The molecule has 3 N–H and O–H groups in total. The first kappa shape index (κ1) is 25.6. The molecule has 0 radical (unpaired) electrons. The molecule has 1 unspecified atom stereocenters. The zero-order valence-corrected chi connectivity index (χ0v) is 20.0. The summed E-state index contributed by atoms with van der Waals surface area (Å²) in [4.78, 5) is 28.2. The fourth-order valence-electron chi connectivity index (χ4n) is 4.76. The maximum Gasteiger partial charge on any atom is 0.435 e. The Labute approximate surface area is 206 Å². The van der Waals surface area contributed by atoms with Gasteiger partial charge in [0.15, 0.2) is 12.3 Å². The van der Waals surface area contributed by atoms with E-state index >= 15 is 0 Å². The molecule has 3 aliphatic carbocycles. The number of carbonyl (C=O) groups excluding carboxylic acids is 2. The van der Waals surface area contributed by atoms with Crippen molar-refractivity contribution in [3.05, 3.63) is 44.6 Å². The van der Waals surface area contributed by atoms with Crippen LogP contribution < -0.4 is 15.4 Å². The molecule has 2 bridgehead atoms. The summed E-state index contributed by atoms with van der Waals surface area (Å²) >= 11 is 6.29. The van der Waals surface area contributed by atoms with E-state index in [4.69, 9.17) is 16.3 Å². The fourth-order valence-corrected chi connectivity index (χ4v) is 5.71. The molecular formula is C22H22ClF4N3O4S. The first-order valence-electron chi connectivity index (χ1n) is 10.8. The van der Waals surface area contributed by atoms with Crippen molar-refractivity contribution in [1.82, 2.24) is 15.6 Å². The summed E-state index contributed by atoms with van der Waals surface area (Å²) in [6.07, 6.45) is -4.38. The Hall–Kier alpha value is -2.44. The number of benzene rings is 1. The van der Waals surface area contributed by atoms with Crippen molar-refractivity contribution in [2.24, 2.45) is 0 Å². The molecule has 13 heteroatoms. The fraction of sp³-hybridized carbons (Fsp3) is 0.500. The van der Waals surface area contributed by atoms with Crippen LogP contribution in [0.5, 0.6) is 5.75 Å². The maximum absolute atomic E-state index is 13.5. The summed E-state index contributed by atoms with van der Waals surface area (Å²) < 4.78 is 58.7. The SMILES string of the molecule is Cc1nc(C(F)(F)F)c(C(=O)NC23CCC(NC(=O)COc4ccc(Cl)c(F)c4)(CC2)C(O)C3)s1. The monoisotopic (exact) mass is 535 g/mol. The maximum atomic E-state index is 13.5. The molecular weight excluding hydrogens is 514 g/mol. The third kappa shape index (κ3) is 5.24. The van der Waals surface area contributed by atoms with Crippen LogP contribution in [0.4, 0.5) is 17.6 Å². The third-order valence-electron chi connectivity index (χ3n) is 6.56. The van der Waals surface area contributed by atoms with E-state index in [1.54, 1.807) is 0 Å². The van der Waals surface area contributed by atoms with Crippen molar-refractivity contribution in [2.75, 3.05) is 6.61 Å². The van der Waals surface area contributed by atoms with E-state index in [9.17, 15) is 32.3 Å². The molecule has 1 aromatic heterocycles. The largest absolute Gasteiger partial charge is 0.484 e. The first-order valence-corrected chi connectivity index (χ1v) is 12.0. The molecule has 1 aromatic carbocycles. The molecule has 0 aliphatic heterocycles. The van der Waals surface area contributed by atoms with Crippen LogP contribution in [-0.2, 0) is 11.0 Å².